The second-order valence-electron chi connectivity index (χ2n) is 4.41. The third-order valence-corrected chi connectivity index (χ3v) is 4.37. The molecule has 0 aliphatic rings. The molecule has 0 bridgehead atoms. The van der Waals surface area contributed by atoms with Crippen LogP contribution in [0.15, 0.2) is 39.3 Å². The van der Waals surface area contributed by atoms with Gasteiger partial charge in [0.15, 0.2) is 0 Å². The SMILES string of the molecule is COc1c(Br)cc(Cl)cc1C(O)c1cc(Br)ccc1C. The predicted octanol–water partition coefficient (Wildman–Crippen LogP) is 5.26. The number of benzene rings is 2. The molecule has 106 valence electrons. The van der Waals surface area contributed by atoms with Crippen molar-refractivity contribution in [3.05, 3.63) is 61.0 Å². The summed E-state index contributed by atoms with van der Waals surface area (Å²) in [6, 6.07) is 9.25. The van der Waals surface area contributed by atoms with E-state index in [1.165, 1.54) is 0 Å². The van der Waals surface area contributed by atoms with Crippen LogP contribution in [0.2, 0.25) is 5.02 Å². The van der Waals surface area contributed by atoms with Crippen LogP contribution in [0.1, 0.15) is 22.8 Å². The minimum atomic E-state index is -0.808. The molecule has 0 aliphatic heterocycles. The van der Waals surface area contributed by atoms with Gasteiger partial charge in [-0.2, -0.15) is 0 Å². The molecule has 0 aliphatic carbocycles. The molecule has 2 aromatic rings. The van der Waals surface area contributed by atoms with Crippen LogP contribution in [-0.2, 0) is 0 Å². The van der Waals surface area contributed by atoms with Gasteiger partial charge in [-0.05, 0) is 58.2 Å². The van der Waals surface area contributed by atoms with Gasteiger partial charge in [-0.15, -0.1) is 0 Å². The van der Waals surface area contributed by atoms with Crippen LogP contribution in [-0.4, -0.2) is 12.2 Å². The second-order valence-corrected chi connectivity index (χ2v) is 6.62. The Kier molecular flexibility index (Phi) is 5.13. The van der Waals surface area contributed by atoms with Gasteiger partial charge in [0.25, 0.3) is 0 Å². The zero-order valence-corrected chi connectivity index (χ0v) is 14.9. The Bertz CT molecular complexity index is 644. The molecule has 5 heteroatoms. The fourth-order valence-electron chi connectivity index (χ4n) is 2.07. The number of aryl methyl sites for hydroxylation is 1. The molecule has 0 heterocycles. The molecular weight excluding hydrogens is 407 g/mol. The van der Waals surface area contributed by atoms with Crippen LogP contribution >= 0.6 is 43.5 Å². The molecule has 2 nitrogen and oxygen atoms in total. The van der Waals surface area contributed by atoms with E-state index in [9.17, 15) is 5.11 Å². The third kappa shape index (κ3) is 3.19. The molecule has 2 rings (SSSR count). The summed E-state index contributed by atoms with van der Waals surface area (Å²) in [6.07, 6.45) is -0.808. The monoisotopic (exact) mass is 418 g/mol. The van der Waals surface area contributed by atoms with Crippen LogP contribution in [0, 0.1) is 6.92 Å². The zero-order valence-electron chi connectivity index (χ0n) is 11.0. The molecule has 0 aromatic heterocycles. The van der Waals surface area contributed by atoms with E-state index in [4.69, 9.17) is 16.3 Å². The van der Waals surface area contributed by atoms with Gasteiger partial charge in [-0.25, -0.2) is 0 Å². The lowest BCUT2D eigenvalue weighted by atomic mass is 9.97. The van der Waals surface area contributed by atoms with Crippen molar-refractivity contribution in [3.63, 3.8) is 0 Å². The lowest BCUT2D eigenvalue weighted by molar-refractivity contribution is 0.213. The maximum absolute atomic E-state index is 10.7. The summed E-state index contributed by atoms with van der Waals surface area (Å²) >= 11 is 12.9. The molecule has 0 saturated carbocycles. The van der Waals surface area contributed by atoms with Gasteiger partial charge in [0.1, 0.15) is 11.9 Å². The summed E-state index contributed by atoms with van der Waals surface area (Å²) < 4.78 is 7.00. The summed E-state index contributed by atoms with van der Waals surface area (Å²) in [6.45, 7) is 1.96. The molecule has 20 heavy (non-hydrogen) atoms. The van der Waals surface area contributed by atoms with Crippen molar-refractivity contribution in [3.8, 4) is 5.75 Å². The maximum atomic E-state index is 10.7. The second kappa shape index (κ2) is 6.48. The van der Waals surface area contributed by atoms with Crippen molar-refractivity contribution < 1.29 is 9.84 Å². The largest absolute Gasteiger partial charge is 0.495 e. The molecule has 2 aromatic carbocycles. The fourth-order valence-corrected chi connectivity index (χ4v) is 3.45. The molecular formula is C15H13Br2ClO2. The van der Waals surface area contributed by atoms with Crippen LogP contribution in [0.3, 0.4) is 0 Å². The third-order valence-electron chi connectivity index (χ3n) is 3.07. The highest BCUT2D eigenvalue weighted by Gasteiger charge is 2.20. The van der Waals surface area contributed by atoms with Crippen molar-refractivity contribution in [2.75, 3.05) is 7.11 Å². The predicted molar refractivity (Wildman–Crippen MR) is 88.6 cm³/mol. The van der Waals surface area contributed by atoms with Crippen LogP contribution in [0.25, 0.3) is 0 Å². The highest BCUT2D eigenvalue weighted by atomic mass is 79.9. The zero-order chi connectivity index (χ0) is 14.9. The minimum Gasteiger partial charge on any atom is -0.495 e. The van der Waals surface area contributed by atoms with Crippen molar-refractivity contribution in [1.29, 1.82) is 0 Å². The molecule has 1 atom stereocenters. The van der Waals surface area contributed by atoms with E-state index < -0.39 is 6.10 Å². The lowest BCUT2D eigenvalue weighted by Crippen LogP contribution is -2.05. The number of methoxy groups -OCH3 is 1. The van der Waals surface area contributed by atoms with Gasteiger partial charge in [0.05, 0.1) is 11.6 Å². The summed E-state index contributed by atoms with van der Waals surface area (Å²) in [7, 11) is 1.57. The van der Waals surface area contributed by atoms with Gasteiger partial charge >= 0.3 is 0 Å². The van der Waals surface area contributed by atoms with Crippen LogP contribution in [0.5, 0.6) is 5.75 Å². The van der Waals surface area contributed by atoms with Crippen molar-refractivity contribution in [1.82, 2.24) is 0 Å². The summed E-state index contributed by atoms with van der Waals surface area (Å²) in [5.41, 5.74) is 2.44. The number of aliphatic hydroxyl groups excluding tert-OH is 1. The average molecular weight is 421 g/mol. The topological polar surface area (TPSA) is 29.5 Å². The van der Waals surface area contributed by atoms with E-state index in [0.717, 1.165) is 15.6 Å². The summed E-state index contributed by atoms with van der Waals surface area (Å²) in [4.78, 5) is 0. The van der Waals surface area contributed by atoms with E-state index >= 15 is 0 Å². The first-order valence-corrected chi connectivity index (χ1v) is 7.87. The Morgan fingerprint density at radius 3 is 2.50 bits per heavy atom. The summed E-state index contributed by atoms with van der Waals surface area (Å²) in [5, 5.41) is 11.2. The van der Waals surface area contributed by atoms with E-state index in [0.29, 0.717) is 20.8 Å². The Morgan fingerprint density at radius 2 is 1.85 bits per heavy atom. The number of aliphatic hydroxyl groups is 1. The first kappa shape index (κ1) is 15.8. The van der Waals surface area contributed by atoms with E-state index in [-0.39, 0.29) is 0 Å². The first-order chi connectivity index (χ1) is 9.43. The molecule has 0 fully saturated rings. The number of ether oxygens (including phenoxy) is 1. The van der Waals surface area contributed by atoms with Crippen molar-refractivity contribution in [2.45, 2.75) is 13.0 Å². The Labute approximate surface area is 140 Å². The highest BCUT2D eigenvalue weighted by molar-refractivity contribution is 9.10. The number of halogens is 3. The quantitative estimate of drug-likeness (QED) is 0.734. The summed E-state index contributed by atoms with van der Waals surface area (Å²) in [5.74, 6) is 0.585. The number of rotatable bonds is 3. The smallest absolute Gasteiger partial charge is 0.139 e. The number of hydrogen-bond donors (Lipinski definition) is 1. The Hall–Kier alpha value is -0.550. The normalized spacial score (nSPS) is 12.3. The maximum Gasteiger partial charge on any atom is 0.139 e. The van der Waals surface area contributed by atoms with Gasteiger partial charge < -0.3 is 9.84 Å². The average Bonchev–Trinajstić information content (AvgIpc) is 2.40. The fraction of sp³-hybridized carbons (Fsp3) is 0.200. The van der Waals surface area contributed by atoms with Gasteiger partial charge in [0, 0.05) is 15.1 Å². The Balaban J connectivity index is 2.58. The number of hydrogen-bond acceptors (Lipinski definition) is 2. The standard InChI is InChI=1S/C15H13Br2ClO2/c1-8-3-4-9(16)5-11(8)14(19)12-6-10(18)7-13(17)15(12)20-2/h3-7,14,19H,1-2H3. The molecule has 0 radical (unpaired) electrons. The Morgan fingerprint density at radius 1 is 1.15 bits per heavy atom. The van der Waals surface area contributed by atoms with Crippen molar-refractivity contribution in [2.24, 2.45) is 0 Å². The van der Waals surface area contributed by atoms with E-state index in [2.05, 4.69) is 31.9 Å². The molecule has 0 amide bonds. The van der Waals surface area contributed by atoms with Crippen LogP contribution in [0.4, 0.5) is 0 Å². The van der Waals surface area contributed by atoms with E-state index in [1.807, 2.05) is 25.1 Å². The van der Waals surface area contributed by atoms with Gasteiger partial charge in [0.2, 0.25) is 0 Å². The highest BCUT2D eigenvalue weighted by Crippen LogP contribution is 2.39. The van der Waals surface area contributed by atoms with Gasteiger partial charge in [-0.1, -0.05) is 33.6 Å². The molecule has 1 N–H and O–H groups in total. The molecule has 0 saturated heterocycles. The minimum absolute atomic E-state index is 0.541. The molecule has 0 spiro atoms. The first-order valence-electron chi connectivity index (χ1n) is 5.91. The lowest BCUT2D eigenvalue weighted by Gasteiger charge is -2.19. The van der Waals surface area contributed by atoms with E-state index in [1.54, 1.807) is 19.2 Å². The van der Waals surface area contributed by atoms with Gasteiger partial charge in [-0.3, -0.25) is 0 Å². The van der Waals surface area contributed by atoms with Crippen LogP contribution < -0.4 is 4.74 Å². The van der Waals surface area contributed by atoms with Crippen molar-refractivity contribution >= 4 is 43.5 Å². The molecule has 1 unspecified atom stereocenters.